The molecule has 72 valence electrons. The van der Waals surface area contributed by atoms with Gasteiger partial charge in [-0.15, -0.1) is 5.10 Å². The number of hydrogen-bond acceptors (Lipinski definition) is 5. The van der Waals surface area contributed by atoms with Gasteiger partial charge in [0.2, 0.25) is 0 Å². The molecule has 7 heteroatoms. The number of aromatic nitrogens is 5. The maximum absolute atomic E-state index is 11.6. The smallest absolute Gasteiger partial charge is 0.281 e. The Morgan fingerprint density at radius 1 is 1.57 bits per heavy atom. The van der Waals surface area contributed by atoms with Gasteiger partial charge in [-0.3, -0.25) is 4.79 Å². The third kappa shape index (κ3) is 1.10. The van der Waals surface area contributed by atoms with Crippen LogP contribution < -0.4 is 5.56 Å². The number of hydrogen-bond donors (Lipinski definition) is 0. The molecule has 14 heavy (non-hydrogen) atoms. The number of aldehydes is 1. The van der Waals surface area contributed by atoms with E-state index in [1.807, 2.05) is 0 Å². The fraction of sp³-hybridized carbons (Fsp3) is 0.286. The second-order valence-electron chi connectivity index (χ2n) is 2.75. The van der Waals surface area contributed by atoms with Gasteiger partial charge in [0.15, 0.2) is 5.65 Å². The van der Waals surface area contributed by atoms with Crippen molar-refractivity contribution in [2.75, 3.05) is 0 Å². The van der Waals surface area contributed by atoms with E-state index in [1.165, 1.54) is 10.9 Å². The van der Waals surface area contributed by atoms with Crippen LogP contribution in [-0.2, 0) is 18.4 Å². The summed E-state index contributed by atoms with van der Waals surface area (Å²) in [5, 5.41) is 11.6. The minimum absolute atomic E-state index is 0.0866. The topological polar surface area (TPSA) is 82.7 Å². The highest BCUT2D eigenvalue weighted by Gasteiger charge is 2.08. The van der Waals surface area contributed by atoms with Crippen molar-refractivity contribution in [2.24, 2.45) is 7.05 Å². The fourth-order valence-electron chi connectivity index (χ4n) is 1.17. The van der Waals surface area contributed by atoms with E-state index in [4.69, 9.17) is 0 Å². The molecule has 0 aromatic carbocycles. The predicted octanol–water partition coefficient (Wildman–Crippen LogP) is -1.28. The van der Waals surface area contributed by atoms with Crippen molar-refractivity contribution >= 4 is 17.3 Å². The average Bonchev–Trinajstić information content (AvgIpc) is 2.54. The Balaban J connectivity index is 2.76. The number of rotatable bonds is 2. The normalized spacial score (nSPS) is 10.6. The van der Waals surface area contributed by atoms with E-state index < -0.39 is 0 Å². The summed E-state index contributed by atoms with van der Waals surface area (Å²) in [5.74, 6) is 0. The Kier molecular flexibility index (Phi) is 1.84. The van der Waals surface area contributed by atoms with Crippen molar-refractivity contribution < 1.29 is 4.79 Å². The second kappa shape index (κ2) is 3.02. The highest BCUT2D eigenvalue weighted by atomic mass is 16.1. The predicted molar refractivity (Wildman–Crippen MR) is 46.6 cm³/mol. The van der Waals surface area contributed by atoms with Crippen LogP contribution in [0, 0.1) is 0 Å². The zero-order valence-electron chi connectivity index (χ0n) is 7.41. The quantitative estimate of drug-likeness (QED) is 0.555. The van der Waals surface area contributed by atoms with Crippen molar-refractivity contribution in [3.05, 3.63) is 16.6 Å². The first-order chi connectivity index (χ1) is 6.74. The molecule has 2 aromatic heterocycles. The number of carbonyl (C=O) groups is 1. The molecule has 0 saturated heterocycles. The van der Waals surface area contributed by atoms with Crippen LogP contribution >= 0.6 is 0 Å². The van der Waals surface area contributed by atoms with Crippen LogP contribution in [0.3, 0.4) is 0 Å². The van der Waals surface area contributed by atoms with E-state index in [0.717, 1.165) is 4.68 Å². The highest BCUT2D eigenvalue weighted by Crippen LogP contribution is 2.00. The zero-order chi connectivity index (χ0) is 10.1. The molecule has 0 aliphatic heterocycles. The van der Waals surface area contributed by atoms with Crippen LogP contribution in [0.25, 0.3) is 11.0 Å². The van der Waals surface area contributed by atoms with Gasteiger partial charge < -0.3 is 4.79 Å². The van der Waals surface area contributed by atoms with E-state index in [9.17, 15) is 9.59 Å². The Bertz CT molecular complexity index is 540. The summed E-state index contributed by atoms with van der Waals surface area (Å²) in [6.45, 7) is -0.0866. The van der Waals surface area contributed by atoms with Crippen molar-refractivity contribution in [3.63, 3.8) is 0 Å². The van der Waals surface area contributed by atoms with E-state index >= 15 is 0 Å². The molecule has 0 aliphatic carbocycles. The second-order valence-corrected chi connectivity index (χ2v) is 2.75. The average molecular weight is 193 g/mol. The molecule has 0 saturated carbocycles. The number of nitrogens with zero attached hydrogens (tertiary/aromatic N) is 5. The maximum atomic E-state index is 11.6. The first-order valence-electron chi connectivity index (χ1n) is 3.93. The van der Waals surface area contributed by atoms with Crippen LogP contribution in [0.15, 0.2) is 11.0 Å². The standard InChI is InChI=1S/C7H7N5O2/c1-11-6-5(4-8-11)7(14)12(2-3-13)10-9-6/h3-4H,2H2,1H3. The Morgan fingerprint density at radius 2 is 2.36 bits per heavy atom. The molecule has 7 nitrogen and oxygen atoms in total. The van der Waals surface area contributed by atoms with Crippen LogP contribution in [0.1, 0.15) is 0 Å². The molecule has 0 N–H and O–H groups in total. The molecule has 0 atom stereocenters. The van der Waals surface area contributed by atoms with E-state index in [2.05, 4.69) is 15.4 Å². The van der Waals surface area contributed by atoms with Crippen LogP contribution in [0.2, 0.25) is 0 Å². The first kappa shape index (κ1) is 8.54. The molecule has 0 fully saturated rings. The largest absolute Gasteiger partial charge is 0.301 e. The SMILES string of the molecule is Cn1ncc2c(=O)n(CC=O)nnc21. The summed E-state index contributed by atoms with van der Waals surface area (Å²) >= 11 is 0. The van der Waals surface area contributed by atoms with Gasteiger partial charge >= 0.3 is 0 Å². The van der Waals surface area contributed by atoms with Gasteiger partial charge in [0, 0.05) is 7.05 Å². The van der Waals surface area contributed by atoms with E-state index in [0.29, 0.717) is 17.3 Å². The number of aryl methyl sites for hydroxylation is 1. The van der Waals surface area contributed by atoms with Crippen molar-refractivity contribution in [3.8, 4) is 0 Å². The van der Waals surface area contributed by atoms with Gasteiger partial charge in [-0.25, -0.2) is 9.36 Å². The van der Waals surface area contributed by atoms with Crippen LogP contribution in [0.4, 0.5) is 0 Å². The highest BCUT2D eigenvalue weighted by molar-refractivity contribution is 5.72. The van der Waals surface area contributed by atoms with Crippen molar-refractivity contribution in [1.82, 2.24) is 24.8 Å². The van der Waals surface area contributed by atoms with Crippen molar-refractivity contribution in [1.29, 1.82) is 0 Å². The van der Waals surface area contributed by atoms with Crippen LogP contribution in [0.5, 0.6) is 0 Å². The molecule has 0 radical (unpaired) electrons. The Morgan fingerprint density at radius 3 is 3.07 bits per heavy atom. The molecule has 2 heterocycles. The maximum Gasteiger partial charge on any atom is 0.281 e. The van der Waals surface area contributed by atoms with Gasteiger partial charge in [0.25, 0.3) is 5.56 Å². The molecule has 0 spiro atoms. The van der Waals surface area contributed by atoms with E-state index in [-0.39, 0.29) is 12.1 Å². The fourth-order valence-corrected chi connectivity index (χ4v) is 1.17. The minimum Gasteiger partial charge on any atom is -0.301 e. The summed E-state index contributed by atoms with van der Waals surface area (Å²) in [4.78, 5) is 21.8. The van der Waals surface area contributed by atoms with E-state index in [1.54, 1.807) is 7.05 Å². The van der Waals surface area contributed by atoms with Gasteiger partial charge in [-0.2, -0.15) is 5.10 Å². The summed E-state index contributed by atoms with van der Waals surface area (Å²) in [5.41, 5.74) is 0.0624. The van der Waals surface area contributed by atoms with Gasteiger partial charge in [-0.05, 0) is 0 Å². The summed E-state index contributed by atoms with van der Waals surface area (Å²) < 4.78 is 2.45. The summed E-state index contributed by atoms with van der Waals surface area (Å²) in [6, 6.07) is 0. The Hall–Kier alpha value is -2.05. The number of fused-ring (bicyclic) bond motifs is 1. The molecule has 0 aliphatic rings. The molecular formula is C7H7N5O2. The zero-order valence-corrected chi connectivity index (χ0v) is 7.41. The number of carbonyl (C=O) groups excluding carboxylic acids is 1. The van der Waals surface area contributed by atoms with Crippen molar-refractivity contribution in [2.45, 2.75) is 6.54 Å². The molecule has 0 amide bonds. The third-order valence-corrected chi connectivity index (χ3v) is 1.87. The van der Waals surface area contributed by atoms with Crippen LogP contribution in [-0.4, -0.2) is 31.1 Å². The molecule has 0 bridgehead atoms. The monoisotopic (exact) mass is 193 g/mol. The molecule has 2 aromatic rings. The lowest BCUT2D eigenvalue weighted by atomic mass is 10.4. The molecular weight excluding hydrogens is 186 g/mol. The summed E-state index contributed by atoms with van der Waals surface area (Å²) in [7, 11) is 1.67. The molecule has 2 rings (SSSR count). The van der Waals surface area contributed by atoms with Gasteiger partial charge in [0.1, 0.15) is 18.2 Å². The lowest BCUT2D eigenvalue weighted by Crippen LogP contribution is -2.24. The third-order valence-electron chi connectivity index (χ3n) is 1.87. The minimum atomic E-state index is -0.352. The molecule has 0 unspecified atom stereocenters. The Labute approximate surface area is 77.9 Å². The first-order valence-corrected chi connectivity index (χ1v) is 3.93. The lowest BCUT2D eigenvalue weighted by Gasteiger charge is -1.96. The lowest BCUT2D eigenvalue weighted by molar-refractivity contribution is -0.108. The summed E-state index contributed by atoms with van der Waals surface area (Å²) in [6.07, 6.45) is 2.01. The van der Waals surface area contributed by atoms with Gasteiger partial charge in [-0.1, -0.05) is 5.21 Å². The van der Waals surface area contributed by atoms with Gasteiger partial charge in [0.05, 0.1) is 6.20 Å².